The molecule has 0 radical (unpaired) electrons. The zero-order valence-electron chi connectivity index (χ0n) is 18.0. The van der Waals surface area contributed by atoms with Gasteiger partial charge in [0, 0.05) is 22.7 Å². The van der Waals surface area contributed by atoms with Gasteiger partial charge in [-0.25, -0.2) is 0 Å². The van der Waals surface area contributed by atoms with Crippen molar-refractivity contribution >= 4 is 34.6 Å². The second kappa shape index (κ2) is 8.02. The molecule has 160 valence electrons. The van der Waals surface area contributed by atoms with Crippen LogP contribution >= 0.6 is 0 Å². The molecule has 31 heavy (non-hydrogen) atoms. The van der Waals surface area contributed by atoms with Crippen molar-refractivity contribution < 1.29 is 14.7 Å². The second-order valence-electron chi connectivity index (χ2n) is 7.69. The third-order valence-electron chi connectivity index (χ3n) is 5.40. The van der Waals surface area contributed by atoms with Gasteiger partial charge in [0.2, 0.25) is 0 Å². The molecule has 3 aromatic carbocycles. The molecule has 0 saturated heterocycles. The van der Waals surface area contributed by atoms with Crippen molar-refractivity contribution in [3.05, 3.63) is 75.8 Å². The Bertz CT molecular complexity index is 1110. The molecule has 7 N–H and O–H groups in total. The van der Waals surface area contributed by atoms with Crippen LogP contribution in [0.5, 0.6) is 5.75 Å². The van der Waals surface area contributed by atoms with Crippen molar-refractivity contribution in [3.8, 4) is 5.75 Å². The lowest BCUT2D eigenvalue weighted by Crippen LogP contribution is -2.29. The summed E-state index contributed by atoms with van der Waals surface area (Å²) in [6.07, 6.45) is 0. The highest BCUT2D eigenvalue weighted by Gasteiger charge is 2.27. The minimum Gasteiger partial charge on any atom is -0.507 e. The van der Waals surface area contributed by atoms with E-state index in [1.165, 1.54) is 23.1 Å². The molecule has 3 aromatic rings. The molecule has 0 bridgehead atoms. The second-order valence-corrected chi connectivity index (χ2v) is 7.69. The van der Waals surface area contributed by atoms with Gasteiger partial charge in [-0.2, -0.15) is 0 Å². The predicted octanol–water partition coefficient (Wildman–Crippen LogP) is 3.87. The molecule has 0 unspecified atom stereocenters. The number of amides is 2. The van der Waals surface area contributed by atoms with E-state index in [2.05, 4.69) is 0 Å². The molecule has 0 atom stereocenters. The Morgan fingerprint density at radius 3 is 1.61 bits per heavy atom. The average Bonchev–Trinajstić information content (AvgIpc) is 2.69. The van der Waals surface area contributed by atoms with E-state index < -0.39 is 11.8 Å². The van der Waals surface area contributed by atoms with Gasteiger partial charge in [-0.05, 0) is 86.3 Å². The van der Waals surface area contributed by atoms with Gasteiger partial charge >= 0.3 is 0 Å². The Morgan fingerprint density at radius 1 is 0.806 bits per heavy atom. The number of hydrogen-bond acceptors (Lipinski definition) is 5. The van der Waals surface area contributed by atoms with Gasteiger partial charge in [0.25, 0.3) is 11.8 Å². The van der Waals surface area contributed by atoms with Crippen LogP contribution in [0.25, 0.3) is 0 Å². The van der Waals surface area contributed by atoms with E-state index >= 15 is 0 Å². The number of nitrogen functional groups attached to an aromatic ring is 2. The van der Waals surface area contributed by atoms with Gasteiger partial charge in [-0.3, -0.25) is 14.5 Å². The van der Waals surface area contributed by atoms with Crippen LogP contribution in [0.2, 0.25) is 0 Å². The SMILES string of the molecule is Cc1cc(N(C(=O)c2cccc(O)c2C(N)=O)c2cc(C)c(N)c(C)c2)cc(C)c1N. The van der Waals surface area contributed by atoms with Crippen molar-refractivity contribution in [2.75, 3.05) is 16.4 Å². The number of anilines is 4. The number of carbonyl (C=O) groups excluding carboxylic acids is 2. The maximum absolute atomic E-state index is 13.8. The van der Waals surface area contributed by atoms with Gasteiger partial charge in [-0.1, -0.05) is 6.07 Å². The molecule has 0 saturated carbocycles. The van der Waals surface area contributed by atoms with Crippen LogP contribution in [0.4, 0.5) is 22.7 Å². The first-order valence-electron chi connectivity index (χ1n) is 9.72. The molecular formula is C24H26N4O3. The Hall–Kier alpha value is -4.00. The van der Waals surface area contributed by atoms with Crippen LogP contribution in [0.1, 0.15) is 43.0 Å². The van der Waals surface area contributed by atoms with E-state index in [4.69, 9.17) is 17.2 Å². The molecule has 0 spiro atoms. The first kappa shape index (κ1) is 21.7. The van der Waals surface area contributed by atoms with Crippen LogP contribution < -0.4 is 22.1 Å². The highest BCUT2D eigenvalue weighted by atomic mass is 16.3. The van der Waals surface area contributed by atoms with Gasteiger partial charge in [0.15, 0.2) is 0 Å². The molecule has 0 fully saturated rings. The number of benzene rings is 3. The Labute approximate surface area is 181 Å². The van der Waals surface area contributed by atoms with E-state index in [-0.39, 0.29) is 16.9 Å². The number of primary amides is 1. The summed E-state index contributed by atoms with van der Waals surface area (Å²) in [7, 11) is 0. The number of carbonyl (C=O) groups is 2. The highest BCUT2D eigenvalue weighted by molar-refractivity contribution is 6.17. The normalized spacial score (nSPS) is 10.7. The van der Waals surface area contributed by atoms with E-state index in [9.17, 15) is 14.7 Å². The Kier molecular flexibility index (Phi) is 5.62. The summed E-state index contributed by atoms with van der Waals surface area (Å²) in [5.41, 5.74) is 23.1. The predicted molar refractivity (Wildman–Crippen MR) is 124 cm³/mol. The Morgan fingerprint density at radius 2 is 1.23 bits per heavy atom. The van der Waals surface area contributed by atoms with Gasteiger partial charge in [0.1, 0.15) is 5.75 Å². The number of hydrogen-bond donors (Lipinski definition) is 4. The molecule has 3 rings (SSSR count). The smallest absolute Gasteiger partial charge is 0.263 e. The van der Waals surface area contributed by atoms with E-state index in [1.807, 2.05) is 27.7 Å². The zero-order valence-corrected chi connectivity index (χ0v) is 18.0. The van der Waals surface area contributed by atoms with Gasteiger partial charge < -0.3 is 22.3 Å². The number of phenols is 1. The van der Waals surface area contributed by atoms with Crippen LogP contribution in [0.3, 0.4) is 0 Å². The molecule has 7 nitrogen and oxygen atoms in total. The molecule has 2 amide bonds. The quantitative estimate of drug-likeness (QED) is 0.477. The number of aromatic hydroxyl groups is 1. The number of rotatable bonds is 4. The first-order valence-corrected chi connectivity index (χ1v) is 9.72. The standard InChI is InChI=1S/C24H26N4O3/c1-12-8-16(9-13(2)21(12)25)28(17-10-14(3)22(26)15(4)11-17)24(31)18-6-5-7-19(29)20(18)23(27)30/h5-11,29H,25-26H2,1-4H3,(H2,27,30). The average molecular weight is 418 g/mol. The fourth-order valence-corrected chi connectivity index (χ4v) is 3.64. The first-order chi connectivity index (χ1) is 14.5. The molecule has 7 heteroatoms. The van der Waals surface area contributed by atoms with Gasteiger partial charge in [0.05, 0.1) is 11.1 Å². The van der Waals surface area contributed by atoms with Crippen LogP contribution in [-0.2, 0) is 0 Å². The molecular weight excluding hydrogens is 392 g/mol. The lowest BCUT2D eigenvalue weighted by Gasteiger charge is -2.26. The van der Waals surface area contributed by atoms with Crippen molar-refractivity contribution in [1.29, 1.82) is 0 Å². The van der Waals surface area contributed by atoms with E-state index in [1.54, 1.807) is 24.3 Å². The minimum absolute atomic E-state index is 0.00763. The maximum atomic E-state index is 13.8. The molecule has 0 heterocycles. The van der Waals surface area contributed by atoms with Crippen molar-refractivity contribution in [2.45, 2.75) is 27.7 Å². The largest absolute Gasteiger partial charge is 0.507 e. The summed E-state index contributed by atoms with van der Waals surface area (Å²) >= 11 is 0. The number of nitrogens with two attached hydrogens (primary N) is 3. The van der Waals surface area contributed by atoms with E-state index in [0.29, 0.717) is 22.7 Å². The van der Waals surface area contributed by atoms with Crippen LogP contribution in [0.15, 0.2) is 42.5 Å². The van der Waals surface area contributed by atoms with Crippen molar-refractivity contribution in [3.63, 3.8) is 0 Å². The van der Waals surface area contributed by atoms with Gasteiger partial charge in [-0.15, -0.1) is 0 Å². The molecule has 0 aliphatic carbocycles. The molecule has 0 aliphatic rings. The number of aryl methyl sites for hydroxylation is 4. The van der Waals surface area contributed by atoms with Crippen molar-refractivity contribution in [1.82, 2.24) is 0 Å². The summed E-state index contributed by atoms with van der Waals surface area (Å²) in [4.78, 5) is 27.3. The summed E-state index contributed by atoms with van der Waals surface area (Å²) < 4.78 is 0. The lowest BCUT2D eigenvalue weighted by molar-refractivity contribution is 0.0964. The fourth-order valence-electron chi connectivity index (χ4n) is 3.64. The van der Waals surface area contributed by atoms with Crippen molar-refractivity contribution in [2.24, 2.45) is 5.73 Å². The number of nitrogens with zero attached hydrogens (tertiary/aromatic N) is 1. The Balaban J connectivity index is 2.32. The van der Waals surface area contributed by atoms with E-state index in [0.717, 1.165) is 22.3 Å². The third kappa shape index (κ3) is 3.90. The maximum Gasteiger partial charge on any atom is 0.263 e. The topological polar surface area (TPSA) is 136 Å². The third-order valence-corrected chi connectivity index (χ3v) is 5.40. The summed E-state index contributed by atoms with van der Waals surface area (Å²) in [6.45, 7) is 7.43. The summed E-state index contributed by atoms with van der Waals surface area (Å²) in [5.74, 6) is -1.76. The zero-order chi connectivity index (χ0) is 23.0. The highest BCUT2D eigenvalue weighted by Crippen LogP contribution is 2.35. The minimum atomic E-state index is -0.893. The molecule has 0 aliphatic heterocycles. The fraction of sp³-hybridized carbons (Fsp3) is 0.167. The summed E-state index contributed by atoms with van der Waals surface area (Å²) in [5, 5.41) is 10.2. The summed E-state index contributed by atoms with van der Waals surface area (Å²) in [6, 6.07) is 11.5. The van der Waals surface area contributed by atoms with Crippen LogP contribution in [0, 0.1) is 27.7 Å². The lowest BCUT2D eigenvalue weighted by atomic mass is 10.0. The molecule has 0 aromatic heterocycles. The van der Waals surface area contributed by atoms with Crippen LogP contribution in [-0.4, -0.2) is 16.9 Å². The monoisotopic (exact) mass is 418 g/mol.